The molecule has 1 aliphatic heterocycles. The third-order valence-corrected chi connectivity index (χ3v) is 2.63. The number of nitrogens with zero attached hydrogens (tertiary/aromatic N) is 1. The first kappa shape index (κ1) is 9.56. The minimum absolute atomic E-state index is 0.363. The number of likely N-dealkylation sites (tertiary alicyclic amines) is 1. The summed E-state index contributed by atoms with van der Waals surface area (Å²) < 4.78 is 0. The van der Waals surface area contributed by atoms with Crippen LogP contribution in [0.2, 0.25) is 0 Å². The number of unbranched alkanes of at least 4 members (excludes halogenated alkanes) is 1. The maximum Gasteiger partial charge on any atom is 0.222 e. The lowest BCUT2D eigenvalue weighted by atomic mass is 9.97. The topological polar surface area (TPSA) is 20.3 Å². The Hall–Kier alpha value is -0.530. The van der Waals surface area contributed by atoms with Crippen LogP contribution in [0.25, 0.3) is 0 Å². The van der Waals surface area contributed by atoms with E-state index in [1.807, 2.05) is 4.90 Å². The molecule has 2 heteroatoms. The van der Waals surface area contributed by atoms with Crippen molar-refractivity contribution in [3.05, 3.63) is 0 Å². The van der Waals surface area contributed by atoms with E-state index < -0.39 is 0 Å². The van der Waals surface area contributed by atoms with Crippen LogP contribution < -0.4 is 0 Å². The van der Waals surface area contributed by atoms with Gasteiger partial charge in [-0.25, -0.2) is 0 Å². The van der Waals surface area contributed by atoms with Crippen molar-refractivity contribution in [1.82, 2.24) is 4.90 Å². The van der Waals surface area contributed by atoms with Gasteiger partial charge in [-0.3, -0.25) is 4.79 Å². The average Bonchev–Trinajstić information content (AvgIpc) is 1.99. The minimum atomic E-state index is 0.363. The lowest BCUT2D eigenvalue weighted by Gasteiger charge is -2.39. The molecule has 0 aromatic carbocycles. The highest BCUT2D eigenvalue weighted by Gasteiger charge is 2.28. The molecule has 0 saturated carbocycles. The summed E-state index contributed by atoms with van der Waals surface area (Å²) in [5, 5.41) is 0. The Morgan fingerprint density at radius 2 is 2.08 bits per heavy atom. The summed E-state index contributed by atoms with van der Waals surface area (Å²) in [5.74, 6) is 1.15. The van der Waals surface area contributed by atoms with E-state index in [1.54, 1.807) is 0 Å². The molecule has 1 aliphatic rings. The molecule has 1 saturated heterocycles. The van der Waals surface area contributed by atoms with E-state index in [9.17, 15) is 4.79 Å². The zero-order valence-corrected chi connectivity index (χ0v) is 8.18. The minimum Gasteiger partial charge on any atom is -0.342 e. The van der Waals surface area contributed by atoms with Crippen LogP contribution in [0.5, 0.6) is 0 Å². The number of hydrogen-bond donors (Lipinski definition) is 0. The van der Waals surface area contributed by atoms with Crippen molar-refractivity contribution in [2.24, 2.45) is 5.92 Å². The summed E-state index contributed by atoms with van der Waals surface area (Å²) in [6.45, 7) is 6.34. The fraction of sp³-hybridized carbons (Fsp3) is 0.900. The summed E-state index contributed by atoms with van der Waals surface area (Å²) in [4.78, 5) is 13.4. The first-order chi connectivity index (χ1) is 5.77. The van der Waals surface area contributed by atoms with E-state index >= 15 is 0 Å². The monoisotopic (exact) mass is 169 g/mol. The standard InChI is InChI=1S/C10H19NO/c1-3-5-6-10(12)11-7-9(4-2)8-11/h9H,3-8H2,1-2H3. The van der Waals surface area contributed by atoms with Gasteiger partial charge >= 0.3 is 0 Å². The van der Waals surface area contributed by atoms with E-state index in [4.69, 9.17) is 0 Å². The number of hydrogen-bond acceptors (Lipinski definition) is 1. The largest absolute Gasteiger partial charge is 0.342 e. The molecule has 0 atom stereocenters. The highest BCUT2D eigenvalue weighted by molar-refractivity contribution is 5.76. The fourth-order valence-electron chi connectivity index (χ4n) is 1.52. The van der Waals surface area contributed by atoms with Crippen LogP contribution in [-0.2, 0) is 4.79 Å². The van der Waals surface area contributed by atoms with Gasteiger partial charge in [-0.2, -0.15) is 0 Å². The van der Waals surface area contributed by atoms with Crippen molar-refractivity contribution in [1.29, 1.82) is 0 Å². The van der Waals surface area contributed by atoms with Crippen molar-refractivity contribution in [2.45, 2.75) is 39.5 Å². The normalized spacial score (nSPS) is 17.7. The third-order valence-electron chi connectivity index (χ3n) is 2.63. The van der Waals surface area contributed by atoms with E-state index in [0.29, 0.717) is 5.91 Å². The predicted molar refractivity (Wildman–Crippen MR) is 49.9 cm³/mol. The van der Waals surface area contributed by atoms with Crippen LogP contribution in [0.4, 0.5) is 0 Å². The van der Waals surface area contributed by atoms with E-state index in [2.05, 4.69) is 13.8 Å². The van der Waals surface area contributed by atoms with Crippen molar-refractivity contribution in [3.63, 3.8) is 0 Å². The summed E-state index contributed by atoms with van der Waals surface area (Å²) in [6, 6.07) is 0. The molecular weight excluding hydrogens is 150 g/mol. The predicted octanol–water partition coefficient (Wildman–Crippen LogP) is 2.04. The molecule has 1 fully saturated rings. The summed E-state index contributed by atoms with van der Waals surface area (Å²) >= 11 is 0. The smallest absolute Gasteiger partial charge is 0.222 e. The van der Waals surface area contributed by atoms with Crippen molar-refractivity contribution < 1.29 is 4.79 Å². The molecule has 70 valence electrons. The number of rotatable bonds is 4. The van der Waals surface area contributed by atoms with Crippen LogP contribution in [0.15, 0.2) is 0 Å². The van der Waals surface area contributed by atoms with Crippen LogP contribution >= 0.6 is 0 Å². The molecule has 2 nitrogen and oxygen atoms in total. The van der Waals surface area contributed by atoms with Crippen LogP contribution in [0, 0.1) is 5.92 Å². The molecule has 0 aromatic heterocycles. The van der Waals surface area contributed by atoms with Gasteiger partial charge in [-0.05, 0) is 18.8 Å². The molecule has 0 radical (unpaired) electrons. The van der Waals surface area contributed by atoms with Crippen LogP contribution in [-0.4, -0.2) is 23.9 Å². The second kappa shape index (κ2) is 4.48. The maximum absolute atomic E-state index is 11.4. The van der Waals surface area contributed by atoms with Crippen molar-refractivity contribution >= 4 is 5.91 Å². The highest BCUT2D eigenvalue weighted by atomic mass is 16.2. The second-order valence-corrected chi connectivity index (χ2v) is 3.68. The first-order valence-corrected chi connectivity index (χ1v) is 5.05. The molecule has 0 bridgehead atoms. The fourth-order valence-corrected chi connectivity index (χ4v) is 1.52. The van der Waals surface area contributed by atoms with Crippen molar-refractivity contribution in [2.75, 3.05) is 13.1 Å². The molecule has 0 aromatic rings. The lowest BCUT2D eigenvalue weighted by Crippen LogP contribution is -2.49. The zero-order chi connectivity index (χ0) is 8.97. The van der Waals surface area contributed by atoms with Crippen molar-refractivity contribution in [3.8, 4) is 0 Å². The van der Waals surface area contributed by atoms with Gasteiger partial charge < -0.3 is 4.90 Å². The molecule has 1 heterocycles. The molecule has 1 rings (SSSR count). The van der Waals surface area contributed by atoms with Gasteiger partial charge in [0.2, 0.25) is 5.91 Å². The Morgan fingerprint density at radius 1 is 1.42 bits per heavy atom. The molecule has 12 heavy (non-hydrogen) atoms. The number of carbonyl (C=O) groups excluding carboxylic acids is 1. The van der Waals surface area contributed by atoms with Crippen LogP contribution in [0.1, 0.15) is 39.5 Å². The Bertz CT molecular complexity index is 150. The first-order valence-electron chi connectivity index (χ1n) is 5.05. The molecule has 0 aliphatic carbocycles. The van der Waals surface area contributed by atoms with Gasteiger partial charge in [0.15, 0.2) is 0 Å². The van der Waals surface area contributed by atoms with E-state index in [1.165, 1.54) is 6.42 Å². The Morgan fingerprint density at radius 3 is 2.58 bits per heavy atom. The molecule has 0 unspecified atom stereocenters. The SMILES string of the molecule is CCCCC(=O)N1CC(CC)C1. The van der Waals surface area contributed by atoms with Gasteiger partial charge in [0, 0.05) is 19.5 Å². The Labute approximate surface area is 74.9 Å². The Balaban J connectivity index is 2.11. The second-order valence-electron chi connectivity index (χ2n) is 3.68. The zero-order valence-electron chi connectivity index (χ0n) is 8.18. The van der Waals surface area contributed by atoms with E-state index in [0.717, 1.165) is 38.3 Å². The van der Waals surface area contributed by atoms with Gasteiger partial charge in [-0.1, -0.05) is 20.3 Å². The summed E-state index contributed by atoms with van der Waals surface area (Å²) in [6.07, 6.45) is 4.15. The van der Waals surface area contributed by atoms with E-state index in [-0.39, 0.29) is 0 Å². The molecule has 0 spiro atoms. The summed E-state index contributed by atoms with van der Waals surface area (Å²) in [5.41, 5.74) is 0. The quantitative estimate of drug-likeness (QED) is 0.630. The lowest BCUT2D eigenvalue weighted by molar-refractivity contribution is -0.137. The van der Waals surface area contributed by atoms with Gasteiger partial charge in [0.25, 0.3) is 0 Å². The molecular formula is C10H19NO. The summed E-state index contributed by atoms with van der Waals surface area (Å²) in [7, 11) is 0. The van der Waals surface area contributed by atoms with Gasteiger partial charge in [0.05, 0.1) is 0 Å². The average molecular weight is 169 g/mol. The Kier molecular flexibility index (Phi) is 3.57. The molecule has 0 N–H and O–H groups in total. The van der Waals surface area contributed by atoms with Crippen LogP contribution in [0.3, 0.4) is 0 Å². The molecule has 1 amide bonds. The maximum atomic E-state index is 11.4. The van der Waals surface area contributed by atoms with Gasteiger partial charge in [-0.15, -0.1) is 0 Å². The van der Waals surface area contributed by atoms with Gasteiger partial charge in [0.1, 0.15) is 0 Å². The highest BCUT2D eigenvalue weighted by Crippen LogP contribution is 2.19. The number of carbonyl (C=O) groups is 1. The number of amides is 1. The third kappa shape index (κ3) is 2.23.